The Morgan fingerprint density at radius 3 is 2.50 bits per heavy atom. The van der Waals surface area contributed by atoms with Gasteiger partial charge >= 0.3 is 18.0 Å². The van der Waals surface area contributed by atoms with Crippen molar-refractivity contribution < 1.29 is 28.6 Å². The quantitative estimate of drug-likeness (QED) is 0.213. The van der Waals surface area contributed by atoms with E-state index in [2.05, 4.69) is 20.2 Å². The summed E-state index contributed by atoms with van der Waals surface area (Å²) in [6.07, 6.45) is 3.38. The average Bonchev–Trinajstić information content (AvgIpc) is 3.80. The molecular formula is C37H35ClFN7O5S. The molecule has 12 nitrogen and oxygen atoms in total. The summed E-state index contributed by atoms with van der Waals surface area (Å²) >= 11 is 7.89. The van der Waals surface area contributed by atoms with Gasteiger partial charge in [0, 0.05) is 65.8 Å². The van der Waals surface area contributed by atoms with E-state index in [1.807, 2.05) is 46.7 Å². The molecule has 15 heteroatoms. The minimum atomic E-state index is -1.01. The number of anilines is 1. The molecule has 2 saturated heterocycles. The number of carbonyl (C=O) groups excluding carboxylic acids is 2. The number of aliphatic imine (C=N–C) groups is 1. The van der Waals surface area contributed by atoms with Gasteiger partial charge in [-0.2, -0.15) is 0 Å². The second kappa shape index (κ2) is 14.1. The maximum atomic E-state index is 14.0. The molecule has 3 aliphatic heterocycles. The van der Waals surface area contributed by atoms with Gasteiger partial charge in [-0.3, -0.25) is 19.6 Å². The molecule has 2 aromatic heterocycles. The highest BCUT2D eigenvalue weighted by Gasteiger charge is 2.43. The number of hydrogen-bond donors (Lipinski definition) is 2. The van der Waals surface area contributed by atoms with Crippen molar-refractivity contribution in [2.45, 2.75) is 31.3 Å². The van der Waals surface area contributed by atoms with Crippen molar-refractivity contribution in [3.63, 3.8) is 0 Å². The predicted molar refractivity (Wildman–Crippen MR) is 195 cm³/mol. The number of ether oxygens (including phenoxy) is 1. The molecule has 2 fully saturated rings. The van der Waals surface area contributed by atoms with Crippen LogP contribution in [0.25, 0.3) is 11.1 Å². The van der Waals surface area contributed by atoms with E-state index in [9.17, 15) is 23.9 Å². The zero-order chi connectivity index (χ0) is 36.7. The van der Waals surface area contributed by atoms with E-state index in [4.69, 9.17) is 21.3 Å². The summed E-state index contributed by atoms with van der Waals surface area (Å²) in [6, 6.07) is 13.9. The van der Waals surface area contributed by atoms with E-state index >= 15 is 0 Å². The number of carbonyl (C=O) groups is 3. The van der Waals surface area contributed by atoms with Gasteiger partial charge in [-0.1, -0.05) is 41.9 Å². The highest BCUT2D eigenvalue weighted by Crippen LogP contribution is 2.37. The Labute approximate surface area is 308 Å². The lowest BCUT2D eigenvalue weighted by Crippen LogP contribution is -2.53. The minimum Gasteiger partial charge on any atom is -0.481 e. The van der Waals surface area contributed by atoms with Crippen LogP contribution in [0, 0.1) is 5.82 Å². The van der Waals surface area contributed by atoms with Crippen molar-refractivity contribution in [1.29, 1.82) is 0 Å². The number of benzene rings is 2. The van der Waals surface area contributed by atoms with E-state index in [0.717, 1.165) is 11.1 Å². The fourth-order valence-electron chi connectivity index (χ4n) is 6.72. The first-order valence-corrected chi connectivity index (χ1v) is 17.8. The number of aromatic nitrogens is 2. The molecule has 2 N–H and O–H groups in total. The second-order valence-corrected chi connectivity index (χ2v) is 14.6. The lowest BCUT2D eigenvalue weighted by atomic mass is 9.84. The molecular weight excluding hydrogens is 709 g/mol. The third kappa shape index (κ3) is 6.64. The molecule has 3 aliphatic rings. The molecule has 0 aliphatic carbocycles. The predicted octanol–water partition coefficient (Wildman–Crippen LogP) is 5.50. The summed E-state index contributed by atoms with van der Waals surface area (Å²) < 4.78 is 19.3. The largest absolute Gasteiger partial charge is 0.481 e. The third-order valence-corrected chi connectivity index (χ3v) is 10.8. The van der Waals surface area contributed by atoms with Gasteiger partial charge in [0.05, 0.1) is 30.7 Å². The lowest BCUT2D eigenvalue weighted by Gasteiger charge is -2.38. The molecule has 0 saturated carbocycles. The Balaban J connectivity index is 1.09. The van der Waals surface area contributed by atoms with Crippen LogP contribution in [0.1, 0.15) is 36.0 Å². The van der Waals surface area contributed by atoms with E-state index in [0.29, 0.717) is 66.2 Å². The highest BCUT2D eigenvalue weighted by atomic mass is 35.5. The molecule has 7 rings (SSSR count). The number of pyridine rings is 1. The summed E-state index contributed by atoms with van der Waals surface area (Å²) in [4.78, 5) is 58.2. The Morgan fingerprint density at radius 2 is 1.85 bits per heavy atom. The second-order valence-electron chi connectivity index (χ2n) is 13.3. The topological polar surface area (TPSA) is 141 Å². The standard InChI is InChI=1S/C37H35ClFN7O5S/c1-37(2,35(48)49)23-7-4-21(5-8-23)22-6-11-29(41-17-22)46-19-25-18-44(13-14-45(25)36(46)50)20-28-30(34(47)51-3)31(26-10-9-24(39)16-27(26)38)43-32(42-28)33-40-12-15-52-33/h4-12,15-17,25,31H,13-14,18-20H2,1-3H3,(H,42,43)(H,48,49). The Kier molecular flexibility index (Phi) is 9.55. The van der Waals surface area contributed by atoms with Crippen molar-refractivity contribution in [1.82, 2.24) is 25.1 Å². The monoisotopic (exact) mass is 743 g/mol. The van der Waals surface area contributed by atoms with Crippen molar-refractivity contribution in [2.75, 3.05) is 44.7 Å². The molecule has 268 valence electrons. The smallest absolute Gasteiger partial charge is 0.338 e. The average molecular weight is 744 g/mol. The number of piperazine rings is 1. The number of urea groups is 1. The number of amidine groups is 1. The highest BCUT2D eigenvalue weighted by molar-refractivity contribution is 7.11. The lowest BCUT2D eigenvalue weighted by molar-refractivity contribution is -0.142. The number of thiazole rings is 1. The van der Waals surface area contributed by atoms with Crippen molar-refractivity contribution in [3.05, 3.63) is 111 Å². The van der Waals surface area contributed by atoms with Gasteiger partial charge in [-0.15, -0.1) is 11.3 Å². The Hall–Kier alpha value is -5.18. The fourth-order valence-corrected chi connectivity index (χ4v) is 7.58. The van der Waals surface area contributed by atoms with Crippen molar-refractivity contribution in [2.24, 2.45) is 4.99 Å². The van der Waals surface area contributed by atoms with Crippen LogP contribution >= 0.6 is 22.9 Å². The molecule has 5 heterocycles. The zero-order valence-electron chi connectivity index (χ0n) is 28.5. The number of amides is 2. The van der Waals surface area contributed by atoms with Crippen LogP contribution in [0.15, 0.2) is 88.6 Å². The first-order chi connectivity index (χ1) is 24.9. The summed E-state index contributed by atoms with van der Waals surface area (Å²) in [5, 5.41) is 15.5. The number of carboxylic acids is 1. The van der Waals surface area contributed by atoms with Gasteiger partial charge in [0.25, 0.3) is 0 Å². The number of aliphatic carboxylic acids is 1. The van der Waals surface area contributed by atoms with Crippen LogP contribution < -0.4 is 10.2 Å². The fraction of sp³-hybridized carbons (Fsp3) is 0.297. The number of fused-ring (bicyclic) bond motifs is 1. The number of hydrogen-bond acceptors (Lipinski definition) is 10. The maximum absolute atomic E-state index is 14.0. The van der Waals surface area contributed by atoms with E-state index in [1.54, 1.807) is 31.1 Å². The van der Waals surface area contributed by atoms with Gasteiger partial charge in [-0.25, -0.2) is 23.9 Å². The van der Waals surface area contributed by atoms with Gasteiger partial charge in [0.15, 0.2) is 10.8 Å². The summed E-state index contributed by atoms with van der Waals surface area (Å²) in [6.45, 7) is 5.63. The van der Waals surface area contributed by atoms with E-state index in [-0.39, 0.29) is 22.7 Å². The van der Waals surface area contributed by atoms with E-state index in [1.165, 1.54) is 36.6 Å². The number of carboxylic acid groups (broad SMARTS) is 1. The van der Waals surface area contributed by atoms with Crippen LogP contribution in [-0.2, 0) is 19.7 Å². The van der Waals surface area contributed by atoms with Crippen LogP contribution in [0.2, 0.25) is 5.02 Å². The van der Waals surface area contributed by atoms with Gasteiger partial charge in [0.2, 0.25) is 0 Å². The molecule has 2 atom stereocenters. The van der Waals surface area contributed by atoms with Crippen LogP contribution in [0.3, 0.4) is 0 Å². The maximum Gasteiger partial charge on any atom is 0.338 e. The van der Waals surface area contributed by atoms with Crippen LogP contribution in [-0.4, -0.2) is 94.6 Å². The number of methoxy groups -OCH3 is 1. The molecule has 2 unspecified atom stereocenters. The normalized spacial score (nSPS) is 19.3. The molecule has 52 heavy (non-hydrogen) atoms. The minimum absolute atomic E-state index is 0.125. The zero-order valence-corrected chi connectivity index (χ0v) is 30.1. The third-order valence-electron chi connectivity index (χ3n) is 9.74. The molecule has 0 radical (unpaired) electrons. The number of nitrogens with zero attached hydrogens (tertiary/aromatic N) is 6. The van der Waals surface area contributed by atoms with Crippen LogP contribution in [0.4, 0.5) is 15.0 Å². The molecule has 0 spiro atoms. The Morgan fingerprint density at radius 1 is 1.08 bits per heavy atom. The summed E-state index contributed by atoms with van der Waals surface area (Å²) in [5.41, 5.74) is 2.69. The first-order valence-electron chi connectivity index (χ1n) is 16.6. The first kappa shape index (κ1) is 35.2. The number of rotatable bonds is 9. The summed E-state index contributed by atoms with van der Waals surface area (Å²) in [5.74, 6) is -1.01. The van der Waals surface area contributed by atoms with Gasteiger partial charge in [0.1, 0.15) is 17.7 Å². The van der Waals surface area contributed by atoms with Crippen molar-refractivity contribution >= 4 is 52.6 Å². The van der Waals surface area contributed by atoms with Crippen LogP contribution in [0.5, 0.6) is 0 Å². The van der Waals surface area contributed by atoms with E-state index < -0.39 is 29.2 Å². The molecule has 2 aromatic carbocycles. The van der Waals surface area contributed by atoms with Crippen molar-refractivity contribution in [3.8, 4) is 11.1 Å². The molecule has 0 bridgehead atoms. The number of nitrogens with one attached hydrogen (secondary N) is 1. The number of halogens is 2. The SMILES string of the molecule is COC(=O)C1=C(CN2CCN3C(=O)N(c4ccc(-c5ccc(C(C)(C)C(=O)O)cc5)cn4)CC3C2)NC(c2nccs2)=NC1c1ccc(F)cc1Cl. The summed E-state index contributed by atoms with van der Waals surface area (Å²) in [7, 11) is 1.30. The number of esters is 1. The Bertz CT molecular complexity index is 2090. The van der Waals surface area contributed by atoms with Gasteiger partial charge in [-0.05, 0) is 49.2 Å². The molecule has 2 amide bonds. The molecule has 4 aromatic rings. The van der Waals surface area contributed by atoms with Gasteiger partial charge < -0.3 is 20.1 Å².